The number of aryl methyl sites for hydroxylation is 1. The highest BCUT2D eigenvalue weighted by atomic mass is 32.2. The van der Waals surface area contributed by atoms with Gasteiger partial charge in [0.15, 0.2) is 0 Å². The van der Waals surface area contributed by atoms with Crippen LogP contribution in [0.1, 0.15) is 43.4 Å². The monoisotopic (exact) mass is 491 g/mol. The number of halogens is 1. The minimum Gasteiger partial charge on any atom is -0.354 e. The van der Waals surface area contributed by atoms with E-state index in [9.17, 15) is 22.4 Å². The van der Waals surface area contributed by atoms with Gasteiger partial charge in [-0.15, -0.1) is 0 Å². The third-order valence-electron chi connectivity index (χ3n) is 5.79. The first-order chi connectivity index (χ1) is 16.0. The number of unbranched alkanes of at least 4 members (excludes halogenated alkanes) is 1. The van der Waals surface area contributed by atoms with E-state index in [1.807, 2.05) is 19.9 Å². The summed E-state index contributed by atoms with van der Waals surface area (Å²) in [5.74, 6) is -1.28. The Kier molecular flexibility index (Phi) is 9.61. The van der Waals surface area contributed by atoms with Crippen LogP contribution in [0.2, 0.25) is 0 Å². The van der Waals surface area contributed by atoms with Gasteiger partial charge in [-0.3, -0.25) is 13.9 Å². The van der Waals surface area contributed by atoms with E-state index in [4.69, 9.17) is 0 Å². The maximum absolute atomic E-state index is 13.5. The lowest BCUT2D eigenvalue weighted by atomic mass is 10.1. The maximum Gasteiger partial charge on any atom is 0.244 e. The highest BCUT2D eigenvalue weighted by molar-refractivity contribution is 7.92. The minimum absolute atomic E-state index is 0.0336. The summed E-state index contributed by atoms with van der Waals surface area (Å²) in [6, 6.07) is 10.0. The van der Waals surface area contributed by atoms with Gasteiger partial charge in [0.1, 0.15) is 18.4 Å². The number of carbonyl (C=O) groups is 2. The first-order valence-electron chi connectivity index (χ1n) is 11.3. The molecule has 0 radical (unpaired) electrons. The number of amides is 2. The summed E-state index contributed by atoms with van der Waals surface area (Å²) in [5.41, 5.74) is 2.68. The molecule has 0 aliphatic heterocycles. The fourth-order valence-electron chi connectivity index (χ4n) is 3.51. The lowest BCUT2D eigenvalue weighted by Gasteiger charge is -2.32. The molecule has 186 valence electrons. The predicted molar refractivity (Wildman–Crippen MR) is 132 cm³/mol. The van der Waals surface area contributed by atoms with Crippen molar-refractivity contribution < 1.29 is 22.4 Å². The lowest BCUT2D eigenvalue weighted by molar-refractivity contribution is -0.139. The summed E-state index contributed by atoms with van der Waals surface area (Å²) in [6.45, 7) is 7.33. The van der Waals surface area contributed by atoms with E-state index in [0.717, 1.165) is 34.5 Å². The van der Waals surface area contributed by atoms with Crippen LogP contribution in [0.3, 0.4) is 0 Å². The molecular formula is C25H34FN3O4S. The number of hydrogen-bond donors (Lipinski definition) is 1. The molecule has 0 unspecified atom stereocenters. The molecule has 0 bridgehead atoms. The van der Waals surface area contributed by atoms with E-state index in [0.29, 0.717) is 17.8 Å². The molecule has 2 aromatic carbocycles. The van der Waals surface area contributed by atoms with Gasteiger partial charge in [-0.25, -0.2) is 12.8 Å². The van der Waals surface area contributed by atoms with Gasteiger partial charge in [0, 0.05) is 13.1 Å². The molecule has 0 aliphatic carbocycles. The van der Waals surface area contributed by atoms with Crippen LogP contribution in [0, 0.1) is 19.7 Å². The van der Waals surface area contributed by atoms with Gasteiger partial charge < -0.3 is 10.2 Å². The van der Waals surface area contributed by atoms with Crippen LogP contribution in [0.15, 0.2) is 42.5 Å². The quantitative estimate of drug-likeness (QED) is 0.487. The lowest BCUT2D eigenvalue weighted by Crippen LogP contribution is -2.51. The van der Waals surface area contributed by atoms with Crippen LogP contribution >= 0.6 is 0 Å². The Balaban J connectivity index is 2.38. The molecule has 7 nitrogen and oxygen atoms in total. The Labute approximate surface area is 202 Å². The Hall–Kier alpha value is -2.94. The average Bonchev–Trinajstić information content (AvgIpc) is 2.78. The Bertz CT molecular complexity index is 1100. The summed E-state index contributed by atoms with van der Waals surface area (Å²) < 4.78 is 39.8. The van der Waals surface area contributed by atoms with Crippen molar-refractivity contribution in [2.75, 3.05) is 23.7 Å². The smallest absolute Gasteiger partial charge is 0.244 e. The molecule has 2 rings (SSSR count). The topological polar surface area (TPSA) is 86.8 Å². The first kappa shape index (κ1) is 27.3. The van der Waals surface area contributed by atoms with Crippen molar-refractivity contribution in [3.8, 4) is 0 Å². The van der Waals surface area contributed by atoms with Crippen LogP contribution in [-0.2, 0) is 26.2 Å². The number of anilines is 1. The zero-order chi connectivity index (χ0) is 25.5. The molecular weight excluding hydrogens is 457 g/mol. The van der Waals surface area contributed by atoms with Crippen molar-refractivity contribution >= 4 is 27.5 Å². The van der Waals surface area contributed by atoms with E-state index in [2.05, 4.69) is 5.32 Å². The highest BCUT2D eigenvalue weighted by Gasteiger charge is 2.30. The molecule has 0 heterocycles. The third-order valence-corrected chi connectivity index (χ3v) is 6.91. The standard InChI is InChI=1S/C25H34FN3O4S/c1-6-7-15-27-25(31)20(4)28(16-21-11-13-22(26)14-12-21)24(30)17-29(34(5,32)33)23-10-8-9-18(2)19(23)3/h8-14,20H,6-7,15-17H2,1-5H3,(H,27,31)/t20-/m0/s1. The molecule has 1 atom stereocenters. The number of sulfonamides is 1. The van der Waals surface area contributed by atoms with Crippen molar-refractivity contribution in [2.24, 2.45) is 0 Å². The molecule has 0 fully saturated rings. The number of carbonyl (C=O) groups excluding carboxylic acids is 2. The highest BCUT2D eigenvalue weighted by Crippen LogP contribution is 2.25. The summed E-state index contributed by atoms with van der Waals surface area (Å²) in [7, 11) is -3.79. The van der Waals surface area contributed by atoms with Gasteiger partial charge in [-0.2, -0.15) is 0 Å². The number of rotatable bonds is 11. The van der Waals surface area contributed by atoms with Crippen LogP contribution in [0.25, 0.3) is 0 Å². The zero-order valence-corrected chi connectivity index (χ0v) is 21.3. The molecule has 0 aliphatic rings. The number of benzene rings is 2. The number of nitrogens with one attached hydrogen (secondary N) is 1. The molecule has 2 aromatic rings. The van der Waals surface area contributed by atoms with Crippen LogP contribution < -0.4 is 9.62 Å². The van der Waals surface area contributed by atoms with Gasteiger partial charge in [-0.1, -0.05) is 37.6 Å². The van der Waals surface area contributed by atoms with Crippen LogP contribution in [0.4, 0.5) is 10.1 Å². The molecule has 34 heavy (non-hydrogen) atoms. The Morgan fingerprint density at radius 1 is 1.09 bits per heavy atom. The molecule has 0 saturated carbocycles. The third kappa shape index (κ3) is 7.28. The SMILES string of the molecule is CCCCNC(=O)[C@H](C)N(Cc1ccc(F)cc1)C(=O)CN(c1cccc(C)c1C)S(C)(=O)=O. The zero-order valence-electron chi connectivity index (χ0n) is 20.5. The minimum atomic E-state index is -3.79. The van der Waals surface area contributed by atoms with Gasteiger partial charge >= 0.3 is 0 Å². The molecule has 0 spiro atoms. The first-order valence-corrected chi connectivity index (χ1v) is 13.2. The van der Waals surface area contributed by atoms with Gasteiger partial charge in [-0.05, 0) is 62.1 Å². The van der Waals surface area contributed by atoms with Crippen LogP contribution in [-0.4, -0.2) is 50.5 Å². The van der Waals surface area contributed by atoms with Gasteiger partial charge in [0.05, 0.1) is 11.9 Å². The molecule has 9 heteroatoms. The average molecular weight is 492 g/mol. The fourth-order valence-corrected chi connectivity index (χ4v) is 4.41. The Morgan fingerprint density at radius 2 is 1.74 bits per heavy atom. The summed E-state index contributed by atoms with van der Waals surface area (Å²) in [6.07, 6.45) is 2.76. The van der Waals surface area contributed by atoms with Crippen molar-refractivity contribution in [1.29, 1.82) is 0 Å². The maximum atomic E-state index is 13.5. The number of hydrogen-bond acceptors (Lipinski definition) is 4. The molecule has 2 amide bonds. The fraction of sp³-hybridized carbons (Fsp3) is 0.440. The van der Waals surface area contributed by atoms with Crippen molar-refractivity contribution in [3.05, 3.63) is 65.0 Å². The number of nitrogens with zero attached hydrogens (tertiary/aromatic N) is 2. The van der Waals surface area contributed by atoms with Crippen molar-refractivity contribution in [3.63, 3.8) is 0 Å². The van der Waals surface area contributed by atoms with E-state index in [1.54, 1.807) is 26.0 Å². The second-order valence-electron chi connectivity index (χ2n) is 8.46. The van der Waals surface area contributed by atoms with Crippen molar-refractivity contribution in [1.82, 2.24) is 10.2 Å². The van der Waals surface area contributed by atoms with Crippen LogP contribution in [0.5, 0.6) is 0 Å². The van der Waals surface area contributed by atoms with E-state index >= 15 is 0 Å². The van der Waals surface area contributed by atoms with Crippen molar-refractivity contribution in [2.45, 2.75) is 53.1 Å². The molecule has 0 aromatic heterocycles. The summed E-state index contributed by atoms with van der Waals surface area (Å²) >= 11 is 0. The Morgan fingerprint density at radius 3 is 2.32 bits per heavy atom. The predicted octanol–water partition coefficient (Wildman–Crippen LogP) is 3.54. The van der Waals surface area contributed by atoms with E-state index in [1.165, 1.54) is 29.2 Å². The second kappa shape index (κ2) is 12.0. The normalized spacial score (nSPS) is 12.2. The van der Waals surface area contributed by atoms with E-state index in [-0.39, 0.29) is 12.5 Å². The largest absolute Gasteiger partial charge is 0.354 e. The summed E-state index contributed by atoms with van der Waals surface area (Å²) in [4.78, 5) is 27.6. The van der Waals surface area contributed by atoms with E-state index < -0.39 is 34.3 Å². The molecule has 0 saturated heterocycles. The summed E-state index contributed by atoms with van der Waals surface area (Å²) in [5, 5.41) is 2.82. The van der Waals surface area contributed by atoms with Gasteiger partial charge in [0.25, 0.3) is 0 Å². The van der Waals surface area contributed by atoms with Gasteiger partial charge in [0.2, 0.25) is 21.8 Å². The molecule has 1 N–H and O–H groups in total. The second-order valence-corrected chi connectivity index (χ2v) is 10.4.